The van der Waals surface area contributed by atoms with Gasteiger partial charge in [-0.1, -0.05) is 19.3 Å². The molecule has 2 unspecified atom stereocenters. The number of nitrogens with two attached hydrogens (primary N) is 1. The zero-order chi connectivity index (χ0) is 14.8. The summed E-state index contributed by atoms with van der Waals surface area (Å²) in [5.74, 6) is -0.0966. The number of hydrogen-bond donors (Lipinski definition) is 3. The predicted molar refractivity (Wildman–Crippen MR) is 86.6 cm³/mol. The Morgan fingerprint density at radius 2 is 2.05 bits per heavy atom. The van der Waals surface area contributed by atoms with Crippen LogP contribution in [0.4, 0.5) is 5.69 Å². The fraction of sp³-hybridized carbons (Fsp3) is 0.438. The minimum absolute atomic E-state index is 0.0966. The Bertz CT molecular complexity index is 653. The minimum Gasteiger partial charge on any atom is -0.399 e. The molecule has 1 heterocycles. The molecule has 1 aromatic carbocycles. The molecule has 3 rings (SSSR count). The summed E-state index contributed by atoms with van der Waals surface area (Å²) >= 11 is 1.46. The minimum atomic E-state index is -0.429. The molecule has 21 heavy (non-hydrogen) atoms. The molecule has 2 atom stereocenters. The van der Waals surface area contributed by atoms with Crippen molar-refractivity contribution in [1.29, 1.82) is 0 Å². The van der Waals surface area contributed by atoms with Crippen molar-refractivity contribution < 1.29 is 9.90 Å². The number of aliphatic hydroxyl groups excluding tert-OH is 1. The van der Waals surface area contributed by atoms with Gasteiger partial charge in [-0.15, -0.1) is 11.3 Å². The highest BCUT2D eigenvalue weighted by Crippen LogP contribution is 2.27. The lowest BCUT2D eigenvalue weighted by atomic mass is 10.1. The number of fused-ring (bicyclic) bond motifs is 1. The van der Waals surface area contributed by atoms with Gasteiger partial charge in [0.15, 0.2) is 0 Å². The quantitative estimate of drug-likeness (QED) is 0.590. The Balaban J connectivity index is 1.76. The summed E-state index contributed by atoms with van der Waals surface area (Å²) in [6.07, 6.45) is 4.42. The maximum atomic E-state index is 12.4. The van der Waals surface area contributed by atoms with Gasteiger partial charge in [0.1, 0.15) is 0 Å². The number of hydrogen-bond acceptors (Lipinski definition) is 4. The number of rotatable bonds is 2. The molecule has 1 aromatic heterocycles. The molecule has 1 fully saturated rings. The van der Waals surface area contributed by atoms with Crippen molar-refractivity contribution in [2.75, 3.05) is 5.73 Å². The van der Waals surface area contributed by atoms with E-state index in [-0.39, 0.29) is 11.9 Å². The van der Waals surface area contributed by atoms with Crippen LogP contribution in [0.5, 0.6) is 0 Å². The number of benzene rings is 1. The molecule has 0 bridgehead atoms. The van der Waals surface area contributed by atoms with Crippen LogP contribution in [-0.4, -0.2) is 23.2 Å². The third kappa shape index (κ3) is 3.19. The van der Waals surface area contributed by atoms with E-state index in [4.69, 9.17) is 5.73 Å². The highest BCUT2D eigenvalue weighted by atomic mass is 32.1. The molecule has 0 aliphatic heterocycles. The summed E-state index contributed by atoms with van der Waals surface area (Å²) in [6, 6.07) is 7.40. The Morgan fingerprint density at radius 3 is 2.90 bits per heavy atom. The molecule has 0 radical (unpaired) electrons. The Kier molecular flexibility index (Phi) is 4.12. The van der Waals surface area contributed by atoms with Crippen LogP contribution in [0.15, 0.2) is 24.3 Å². The Labute approximate surface area is 128 Å². The first-order valence-electron chi connectivity index (χ1n) is 7.41. The van der Waals surface area contributed by atoms with Crippen LogP contribution in [0.2, 0.25) is 0 Å². The van der Waals surface area contributed by atoms with Crippen molar-refractivity contribution in [2.24, 2.45) is 0 Å². The second kappa shape index (κ2) is 6.03. The number of amides is 1. The zero-order valence-electron chi connectivity index (χ0n) is 11.8. The van der Waals surface area contributed by atoms with Crippen LogP contribution in [0.3, 0.4) is 0 Å². The SMILES string of the molecule is Nc1ccc2sc(C(=O)NC3CCCCCC3O)cc2c1. The van der Waals surface area contributed by atoms with E-state index in [1.807, 2.05) is 24.3 Å². The van der Waals surface area contributed by atoms with Crippen molar-refractivity contribution in [1.82, 2.24) is 5.32 Å². The Morgan fingerprint density at radius 1 is 1.24 bits per heavy atom. The number of carbonyl (C=O) groups excluding carboxylic acids is 1. The topological polar surface area (TPSA) is 75.4 Å². The summed E-state index contributed by atoms with van der Waals surface area (Å²) in [7, 11) is 0. The first kappa shape index (κ1) is 14.4. The first-order valence-corrected chi connectivity index (χ1v) is 8.23. The third-order valence-corrected chi connectivity index (χ3v) is 5.17. The van der Waals surface area contributed by atoms with Gasteiger partial charge in [0.2, 0.25) is 0 Å². The molecule has 5 heteroatoms. The van der Waals surface area contributed by atoms with Crippen molar-refractivity contribution in [3.63, 3.8) is 0 Å². The largest absolute Gasteiger partial charge is 0.399 e. The maximum absolute atomic E-state index is 12.4. The normalized spacial score (nSPS) is 22.9. The number of thiophene rings is 1. The number of aliphatic hydroxyl groups is 1. The van der Waals surface area contributed by atoms with Gasteiger partial charge in [-0.3, -0.25) is 4.79 Å². The summed E-state index contributed by atoms with van der Waals surface area (Å²) in [5, 5.41) is 14.1. The smallest absolute Gasteiger partial charge is 0.261 e. The van der Waals surface area contributed by atoms with Crippen molar-refractivity contribution in [3.8, 4) is 0 Å². The summed E-state index contributed by atoms with van der Waals surface area (Å²) in [4.78, 5) is 13.1. The molecule has 0 saturated heterocycles. The molecule has 1 aliphatic carbocycles. The van der Waals surface area contributed by atoms with E-state index in [2.05, 4.69) is 5.32 Å². The maximum Gasteiger partial charge on any atom is 0.261 e. The monoisotopic (exact) mass is 304 g/mol. The molecular weight excluding hydrogens is 284 g/mol. The van der Waals surface area contributed by atoms with Gasteiger partial charge in [-0.25, -0.2) is 0 Å². The lowest BCUT2D eigenvalue weighted by molar-refractivity contribution is 0.0822. The Hall–Kier alpha value is -1.59. The van der Waals surface area contributed by atoms with Gasteiger partial charge < -0.3 is 16.2 Å². The number of anilines is 1. The lowest BCUT2D eigenvalue weighted by Gasteiger charge is -2.21. The summed E-state index contributed by atoms with van der Waals surface area (Å²) < 4.78 is 1.05. The van der Waals surface area contributed by atoms with Gasteiger partial charge in [-0.2, -0.15) is 0 Å². The first-order chi connectivity index (χ1) is 10.1. The molecule has 1 saturated carbocycles. The van der Waals surface area contributed by atoms with Gasteiger partial charge in [0, 0.05) is 10.4 Å². The zero-order valence-corrected chi connectivity index (χ0v) is 12.7. The highest BCUT2D eigenvalue weighted by Gasteiger charge is 2.24. The van der Waals surface area contributed by atoms with Crippen LogP contribution in [0.1, 0.15) is 41.8 Å². The predicted octanol–water partition coefficient (Wildman–Crippen LogP) is 2.91. The third-order valence-electron chi connectivity index (χ3n) is 4.06. The molecule has 2 aromatic rings. The van der Waals surface area contributed by atoms with Gasteiger partial charge >= 0.3 is 0 Å². The van der Waals surface area contributed by atoms with Gasteiger partial charge in [0.25, 0.3) is 5.91 Å². The van der Waals surface area contributed by atoms with E-state index in [1.165, 1.54) is 11.3 Å². The van der Waals surface area contributed by atoms with E-state index < -0.39 is 6.10 Å². The standard InChI is InChI=1S/C16H20N2O2S/c17-11-6-7-14-10(8-11)9-15(21-14)16(20)18-12-4-2-1-3-5-13(12)19/h6-9,12-13,19H,1-5,17H2,(H,18,20). The molecule has 112 valence electrons. The average Bonchev–Trinajstić information content (AvgIpc) is 2.78. The highest BCUT2D eigenvalue weighted by molar-refractivity contribution is 7.20. The molecule has 1 amide bonds. The molecule has 0 spiro atoms. The number of nitrogens with one attached hydrogen (secondary N) is 1. The van der Waals surface area contributed by atoms with E-state index in [0.29, 0.717) is 10.6 Å². The van der Waals surface area contributed by atoms with Gasteiger partial charge in [0.05, 0.1) is 17.0 Å². The molecule has 4 N–H and O–H groups in total. The van der Waals surface area contributed by atoms with Crippen LogP contribution in [0, 0.1) is 0 Å². The molecular formula is C16H20N2O2S. The average molecular weight is 304 g/mol. The van der Waals surface area contributed by atoms with Crippen LogP contribution in [-0.2, 0) is 0 Å². The van der Waals surface area contributed by atoms with E-state index in [0.717, 1.165) is 42.2 Å². The van der Waals surface area contributed by atoms with Crippen molar-refractivity contribution in [2.45, 2.75) is 44.2 Å². The molecule has 4 nitrogen and oxygen atoms in total. The van der Waals surface area contributed by atoms with Crippen molar-refractivity contribution in [3.05, 3.63) is 29.1 Å². The van der Waals surface area contributed by atoms with E-state index in [1.54, 1.807) is 0 Å². The van der Waals surface area contributed by atoms with Crippen LogP contribution < -0.4 is 11.1 Å². The fourth-order valence-corrected chi connectivity index (χ4v) is 3.82. The van der Waals surface area contributed by atoms with Crippen molar-refractivity contribution >= 4 is 33.0 Å². The number of carbonyl (C=O) groups is 1. The van der Waals surface area contributed by atoms with Crippen LogP contribution >= 0.6 is 11.3 Å². The lowest BCUT2D eigenvalue weighted by Crippen LogP contribution is -2.42. The molecule has 1 aliphatic rings. The van der Waals surface area contributed by atoms with Crippen LogP contribution in [0.25, 0.3) is 10.1 Å². The fourth-order valence-electron chi connectivity index (χ4n) is 2.87. The van der Waals surface area contributed by atoms with E-state index >= 15 is 0 Å². The second-order valence-electron chi connectivity index (χ2n) is 5.69. The second-order valence-corrected chi connectivity index (χ2v) is 6.78. The number of nitrogen functional groups attached to an aromatic ring is 1. The summed E-state index contributed by atoms with van der Waals surface area (Å²) in [5.41, 5.74) is 6.47. The van der Waals surface area contributed by atoms with E-state index in [9.17, 15) is 9.90 Å². The summed E-state index contributed by atoms with van der Waals surface area (Å²) in [6.45, 7) is 0. The van der Waals surface area contributed by atoms with Gasteiger partial charge in [-0.05, 0) is 42.5 Å².